The summed E-state index contributed by atoms with van der Waals surface area (Å²) in [6, 6.07) is 13.7. The van der Waals surface area contributed by atoms with E-state index in [1.54, 1.807) is 12.1 Å². The number of nitrogens with zero attached hydrogens (tertiary/aromatic N) is 3. The van der Waals surface area contributed by atoms with Gasteiger partial charge in [0.1, 0.15) is 0 Å². The van der Waals surface area contributed by atoms with Gasteiger partial charge in [0.15, 0.2) is 16.3 Å². The van der Waals surface area contributed by atoms with Crippen LogP contribution < -0.4 is 19.9 Å². The number of anilines is 1. The molecule has 0 atom stereocenters. The molecule has 0 radical (unpaired) electrons. The van der Waals surface area contributed by atoms with Crippen molar-refractivity contribution in [1.29, 1.82) is 0 Å². The van der Waals surface area contributed by atoms with E-state index in [0.29, 0.717) is 72.9 Å². The minimum Gasteiger partial charge on any atom is -0.490 e. The van der Waals surface area contributed by atoms with Crippen molar-refractivity contribution in [3.8, 4) is 11.5 Å². The summed E-state index contributed by atoms with van der Waals surface area (Å²) in [6.45, 7) is 8.13. The number of rotatable bonds is 9. The third-order valence-electron chi connectivity index (χ3n) is 6.17. The minimum absolute atomic E-state index is 0.112. The molecule has 1 aliphatic heterocycles. The summed E-state index contributed by atoms with van der Waals surface area (Å²) in [4.78, 5) is 33.3. The van der Waals surface area contributed by atoms with E-state index in [-0.39, 0.29) is 11.5 Å². The first kappa shape index (κ1) is 24.8. The summed E-state index contributed by atoms with van der Waals surface area (Å²) < 4.78 is 13.2. The first-order chi connectivity index (χ1) is 17.0. The number of piperazine rings is 1. The number of fused-ring (bicyclic) bond motifs is 1. The van der Waals surface area contributed by atoms with Crippen LogP contribution in [0.1, 0.15) is 26.7 Å². The summed E-state index contributed by atoms with van der Waals surface area (Å²) >= 11 is 5.46. The Morgan fingerprint density at radius 3 is 2.31 bits per heavy atom. The molecular formula is C26H32N4O4S. The first-order valence-electron chi connectivity index (χ1n) is 12.2. The van der Waals surface area contributed by atoms with Gasteiger partial charge >= 0.3 is 0 Å². The Kier molecular flexibility index (Phi) is 8.07. The first-order valence-corrected chi connectivity index (χ1v) is 12.6. The zero-order valence-electron chi connectivity index (χ0n) is 20.3. The number of aromatic amines is 1. The second-order valence-electron chi connectivity index (χ2n) is 8.40. The van der Waals surface area contributed by atoms with E-state index in [1.165, 1.54) is 10.3 Å². The van der Waals surface area contributed by atoms with Crippen LogP contribution in [0, 0.1) is 4.77 Å². The van der Waals surface area contributed by atoms with Crippen LogP contribution in [0.3, 0.4) is 0 Å². The molecule has 3 aromatic rings. The highest BCUT2D eigenvalue weighted by Gasteiger charge is 2.21. The lowest BCUT2D eigenvalue weighted by molar-refractivity contribution is -0.131. The van der Waals surface area contributed by atoms with Gasteiger partial charge in [-0.15, -0.1) is 0 Å². The van der Waals surface area contributed by atoms with E-state index in [2.05, 4.69) is 22.0 Å². The zero-order chi connectivity index (χ0) is 24.8. The molecule has 1 aliphatic rings. The standard InChI is InChI=1S/C26H32N4O4S/c1-3-33-22-17-20-21(18-23(22)34-4-2)27-26(35)30(25(20)32)12-8-11-24(31)29-15-13-28(14-16-29)19-9-6-5-7-10-19/h5-7,9-10,17-18H,3-4,8,11-16H2,1-2H3,(H,27,35). The Balaban J connectivity index is 1.40. The number of nitrogens with one attached hydrogen (secondary N) is 1. The van der Waals surface area contributed by atoms with E-state index >= 15 is 0 Å². The molecule has 35 heavy (non-hydrogen) atoms. The average Bonchev–Trinajstić information content (AvgIpc) is 2.87. The fourth-order valence-electron chi connectivity index (χ4n) is 4.40. The predicted molar refractivity (Wildman–Crippen MR) is 140 cm³/mol. The molecule has 1 amide bonds. The Bertz CT molecular complexity index is 1280. The molecule has 0 spiro atoms. The van der Waals surface area contributed by atoms with Crippen molar-refractivity contribution in [2.75, 3.05) is 44.3 Å². The van der Waals surface area contributed by atoms with Gasteiger partial charge in [0.25, 0.3) is 5.56 Å². The number of carbonyl (C=O) groups excluding carboxylic acids is 1. The Morgan fingerprint density at radius 2 is 1.66 bits per heavy atom. The van der Waals surface area contributed by atoms with Crippen LogP contribution in [0.5, 0.6) is 11.5 Å². The lowest BCUT2D eigenvalue weighted by Gasteiger charge is -2.36. The third-order valence-corrected chi connectivity index (χ3v) is 6.49. The number of hydrogen-bond acceptors (Lipinski definition) is 6. The highest BCUT2D eigenvalue weighted by Crippen LogP contribution is 2.31. The summed E-state index contributed by atoms with van der Waals surface area (Å²) in [6.07, 6.45) is 0.911. The van der Waals surface area contributed by atoms with Gasteiger partial charge in [-0.05, 0) is 50.7 Å². The van der Waals surface area contributed by atoms with Crippen LogP contribution in [-0.2, 0) is 11.3 Å². The number of carbonyl (C=O) groups is 1. The van der Waals surface area contributed by atoms with E-state index in [4.69, 9.17) is 21.7 Å². The van der Waals surface area contributed by atoms with Crippen LogP contribution >= 0.6 is 12.2 Å². The summed E-state index contributed by atoms with van der Waals surface area (Å²) in [5.41, 5.74) is 1.59. The fraction of sp³-hybridized carbons (Fsp3) is 0.423. The van der Waals surface area contributed by atoms with Gasteiger partial charge in [-0.1, -0.05) is 18.2 Å². The molecule has 186 valence electrons. The molecule has 1 aromatic heterocycles. The third kappa shape index (κ3) is 5.67. The maximum absolute atomic E-state index is 13.2. The number of benzene rings is 2. The SMILES string of the molecule is CCOc1cc2[nH]c(=S)n(CCCC(=O)N3CCN(c4ccccc4)CC3)c(=O)c2cc1OCC. The Morgan fingerprint density at radius 1 is 1.00 bits per heavy atom. The van der Waals surface area contributed by atoms with Crippen molar-refractivity contribution >= 4 is 34.7 Å². The average molecular weight is 497 g/mol. The van der Waals surface area contributed by atoms with Gasteiger partial charge in [0.2, 0.25) is 5.91 Å². The highest BCUT2D eigenvalue weighted by atomic mass is 32.1. The van der Waals surface area contributed by atoms with E-state index < -0.39 is 0 Å². The molecule has 4 rings (SSSR count). The second kappa shape index (κ2) is 11.4. The number of para-hydroxylation sites is 1. The predicted octanol–water partition coefficient (Wildman–Crippen LogP) is 3.99. The lowest BCUT2D eigenvalue weighted by Crippen LogP contribution is -2.48. The summed E-state index contributed by atoms with van der Waals surface area (Å²) in [5, 5.41) is 0.480. The number of amides is 1. The molecule has 0 bridgehead atoms. The fourth-order valence-corrected chi connectivity index (χ4v) is 4.68. The van der Waals surface area contributed by atoms with E-state index in [0.717, 1.165) is 13.1 Å². The number of ether oxygens (including phenoxy) is 2. The molecule has 1 fully saturated rings. The zero-order valence-corrected chi connectivity index (χ0v) is 21.1. The van der Waals surface area contributed by atoms with E-state index in [1.807, 2.05) is 36.9 Å². The van der Waals surface area contributed by atoms with Crippen molar-refractivity contribution in [3.05, 3.63) is 57.6 Å². The largest absolute Gasteiger partial charge is 0.490 e. The van der Waals surface area contributed by atoms with Crippen molar-refractivity contribution in [1.82, 2.24) is 14.5 Å². The molecule has 8 nitrogen and oxygen atoms in total. The van der Waals surface area contributed by atoms with Gasteiger partial charge in [-0.3, -0.25) is 14.2 Å². The van der Waals surface area contributed by atoms with Gasteiger partial charge in [-0.2, -0.15) is 0 Å². The van der Waals surface area contributed by atoms with Crippen molar-refractivity contribution in [2.24, 2.45) is 0 Å². The minimum atomic E-state index is -0.198. The van der Waals surface area contributed by atoms with Gasteiger partial charge in [0.05, 0.1) is 24.1 Å². The number of hydrogen-bond donors (Lipinski definition) is 1. The van der Waals surface area contributed by atoms with Crippen LogP contribution in [0.15, 0.2) is 47.3 Å². The smallest absolute Gasteiger partial charge is 0.262 e. The molecule has 9 heteroatoms. The van der Waals surface area contributed by atoms with Gasteiger partial charge in [-0.25, -0.2) is 0 Å². The molecule has 0 aliphatic carbocycles. The van der Waals surface area contributed by atoms with Crippen LogP contribution in [0.2, 0.25) is 0 Å². The highest BCUT2D eigenvalue weighted by molar-refractivity contribution is 7.71. The molecule has 1 saturated heterocycles. The molecule has 0 saturated carbocycles. The summed E-state index contributed by atoms with van der Waals surface area (Å²) in [7, 11) is 0. The second-order valence-corrected chi connectivity index (χ2v) is 8.79. The normalized spacial score (nSPS) is 13.8. The Hall–Kier alpha value is -3.33. The molecule has 1 N–H and O–H groups in total. The maximum Gasteiger partial charge on any atom is 0.262 e. The van der Waals surface area contributed by atoms with E-state index in [9.17, 15) is 9.59 Å². The van der Waals surface area contributed by atoms with Crippen molar-refractivity contribution < 1.29 is 14.3 Å². The lowest BCUT2D eigenvalue weighted by atomic mass is 10.2. The van der Waals surface area contributed by atoms with Crippen LogP contribution in [-0.4, -0.2) is 59.8 Å². The molecule has 0 unspecified atom stereocenters. The number of aromatic nitrogens is 2. The monoisotopic (exact) mass is 496 g/mol. The van der Waals surface area contributed by atoms with Crippen molar-refractivity contribution in [3.63, 3.8) is 0 Å². The van der Waals surface area contributed by atoms with Crippen molar-refractivity contribution in [2.45, 2.75) is 33.2 Å². The number of H-pyrrole nitrogens is 1. The molecule has 2 heterocycles. The molecular weight excluding hydrogens is 464 g/mol. The molecule has 2 aromatic carbocycles. The van der Waals surface area contributed by atoms with Crippen LogP contribution in [0.4, 0.5) is 5.69 Å². The maximum atomic E-state index is 13.2. The van der Waals surface area contributed by atoms with Gasteiger partial charge < -0.3 is 24.3 Å². The topological polar surface area (TPSA) is 79.8 Å². The Labute approximate surface area is 210 Å². The quantitative estimate of drug-likeness (QED) is 0.452. The van der Waals surface area contributed by atoms with Gasteiger partial charge in [0, 0.05) is 50.9 Å². The summed E-state index contributed by atoms with van der Waals surface area (Å²) in [5.74, 6) is 1.21. The van der Waals surface area contributed by atoms with Crippen LogP contribution in [0.25, 0.3) is 10.9 Å².